The van der Waals surface area contributed by atoms with E-state index < -0.39 is 0 Å². The maximum Gasteiger partial charge on any atom is 0 e. The molecule has 20 valence electrons. The summed E-state index contributed by atoms with van der Waals surface area (Å²) in [5.74, 6) is 0. The van der Waals surface area contributed by atoms with Crippen LogP contribution < -0.4 is 0 Å². The van der Waals surface area contributed by atoms with Gasteiger partial charge >= 0.3 is 37.7 Å². The van der Waals surface area contributed by atoms with E-state index in [2.05, 4.69) is 0 Å². The van der Waals surface area contributed by atoms with Gasteiger partial charge in [0.15, 0.2) is 0 Å². The first kappa shape index (κ1) is 30.7. The van der Waals surface area contributed by atoms with Crippen molar-refractivity contribution in [2.45, 2.75) is 0 Å². The molecule has 0 fully saturated rings. The second kappa shape index (κ2) is 17.5. The first-order valence-corrected chi connectivity index (χ1v) is 0. The van der Waals surface area contributed by atoms with Crippen molar-refractivity contribution in [2.24, 2.45) is 0 Å². The topological polar surface area (TPSA) is 0 Å². The van der Waals surface area contributed by atoms with Crippen LogP contribution in [0.3, 0.4) is 0 Å². The van der Waals surface area contributed by atoms with Crippen molar-refractivity contribution in [3.63, 3.8) is 0 Å². The minimum absolute atomic E-state index is 0. The monoisotopic (exact) mass is 130 g/mol. The van der Waals surface area contributed by atoms with Crippen LogP contribution in [0.5, 0.6) is 0 Å². The zero-order valence-corrected chi connectivity index (χ0v) is 3.35. The third-order valence-electron chi connectivity index (χ3n) is 0. The molecule has 4 radical (unpaired) electrons. The van der Waals surface area contributed by atoms with Crippen molar-refractivity contribution in [1.82, 2.24) is 0 Å². The summed E-state index contributed by atoms with van der Waals surface area (Å²) in [6.45, 7) is 0. The molecule has 0 amide bonds. The van der Waals surface area contributed by atoms with Gasteiger partial charge in [-0.15, -0.1) is 0 Å². The van der Waals surface area contributed by atoms with E-state index in [4.69, 9.17) is 0 Å². The van der Waals surface area contributed by atoms with Crippen LogP contribution in [0.1, 0.15) is 0 Å². The van der Waals surface area contributed by atoms with Crippen LogP contribution >= 0.6 is 13.5 Å². The minimum atomic E-state index is 0. The molecule has 0 aliphatic carbocycles. The van der Waals surface area contributed by atoms with Crippen molar-refractivity contribution in [3.8, 4) is 0 Å². The summed E-state index contributed by atoms with van der Waals surface area (Å²) in [7, 11) is 0. The van der Waals surface area contributed by atoms with Crippen LogP contribution in [0.4, 0.5) is 0 Å². The van der Waals surface area contributed by atoms with Gasteiger partial charge in [-0.2, -0.15) is 0 Å². The largest absolute Gasteiger partial charge is 0.0149 e. The Bertz CT molecular complexity index is 8.00. The molecule has 0 aliphatic rings. The molecule has 0 N–H and O–H groups in total. The van der Waals surface area contributed by atoms with Gasteiger partial charge in [-0.05, 0) is 11.0 Å². The van der Waals surface area contributed by atoms with Crippen LogP contribution in [0, 0.1) is 0 Å². The van der Waals surface area contributed by atoms with E-state index >= 15 is 0 Å². The fourth-order valence-electron chi connectivity index (χ4n) is 0. The molecule has 0 saturated carbocycles. The van der Waals surface area contributed by atoms with E-state index in [0.29, 0.717) is 0 Å². The Kier molecular flexibility index (Phi) is 135. The summed E-state index contributed by atoms with van der Waals surface area (Å²) in [6.07, 6.45) is 0. The summed E-state index contributed by atoms with van der Waals surface area (Å²) in [5.41, 5.74) is 0. The predicted molar refractivity (Wildman–Crippen MR) is 33.2 cm³/mol. The predicted octanol–water partition coefficient (Wildman–Crippen LogP) is -2.10. The zero-order chi connectivity index (χ0) is 0. The first-order valence-electron chi connectivity index (χ1n) is 0. The summed E-state index contributed by atoms with van der Waals surface area (Å²) in [4.78, 5) is 0. The number of hydrogen-bond donors (Lipinski definition) is 0. The Balaban J connectivity index is 0. The van der Waals surface area contributed by atoms with Gasteiger partial charge in [0.25, 0.3) is 0 Å². The van der Waals surface area contributed by atoms with Gasteiger partial charge < -0.3 is 0 Å². The van der Waals surface area contributed by atoms with Crippen molar-refractivity contribution < 1.29 is 0 Å². The molecular weight excluding hydrogens is 125 g/mol. The van der Waals surface area contributed by atoms with E-state index in [1.807, 2.05) is 0 Å². The Labute approximate surface area is 83.7 Å². The van der Waals surface area contributed by atoms with Gasteiger partial charge in [0, 0.05) is 36.5 Å². The van der Waals surface area contributed by atoms with E-state index in [-0.39, 0.29) is 85.3 Å². The maximum absolute atomic E-state index is 0. The van der Waals surface area contributed by atoms with Crippen LogP contribution in [-0.2, 0) is 0 Å². The second-order valence-electron chi connectivity index (χ2n) is 0. The van der Waals surface area contributed by atoms with Crippen LogP contribution in [0.25, 0.3) is 0 Å². The molecule has 4 heteroatoms. The van der Waals surface area contributed by atoms with Crippen molar-refractivity contribution in [1.29, 1.82) is 0 Å². The molecule has 0 rings (SSSR count). The van der Waals surface area contributed by atoms with Gasteiger partial charge in [-0.3, -0.25) is 0 Å². The molecule has 0 aromatic heterocycles. The summed E-state index contributed by atoms with van der Waals surface area (Å²) < 4.78 is 0. The SMILES string of the molecule is [CaH2].[Mg].[S].[SiH4]. The molecule has 0 nitrogen and oxygen atoms in total. The van der Waals surface area contributed by atoms with E-state index in [0.717, 1.165) is 0 Å². The minimum Gasteiger partial charge on any atom is -0.0149 e. The molecule has 0 saturated heterocycles. The van der Waals surface area contributed by atoms with E-state index in [1.54, 1.807) is 0 Å². The van der Waals surface area contributed by atoms with Crippen LogP contribution in [0.2, 0.25) is 0 Å². The van der Waals surface area contributed by atoms with E-state index in [1.165, 1.54) is 0 Å². The number of rotatable bonds is 0. The second-order valence-corrected chi connectivity index (χ2v) is 0. The van der Waals surface area contributed by atoms with E-state index in [9.17, 15) is 0 Å². The fraction of sp³-hybridized carbons (Fsp3) is 0. The summed E-state index contributed by atoms with van der Waals surface area (Å²) >= 11 is 0. The van der Waals surface area contributed by atoms with Gasteiger partial charge in [-0.25, -0.2) is 0 Å². The maximum atomic E-state index is 0. The van der Waals surface area contributed by atoms with Gasteiger partial charge in [-0.1, -0.05) is 0 Å². The Morgan fingerprint density at radius 1 is 1.00 bits per heavy atom. The quantitative estimate of drug-likeness (QED) is 0.330. The average molecular weight is 131 g/mol. The molecule has 0 heterocycles. The Hall–Kier alpha value is 2.59. The average Bonchev–Trinajstić information content (AvgIpc) is 0. The third-order valence-corrected chi connectivity index (χ3v) is 0. The Morgan fingerprint density at radius 2 is 1.00 bits per heavy atom. The zero-order valence-electron chi connectivity index (χ0n) is 1.12. The van der Waals surface area contributed by atoms with Crippen LogP contribution in [0.15, 0.2) is 0 Å². The molecular formula is H6CaMgSSi. The third kappa shape index (κ3) is 8.82. The smallest absolute Gasteiger partial charge is 0 e. The Morgan fingerprint density at radius 3 is 1.00 bits per heavy atom. The first-order chi connectivity index (χ1) is 0. The normalized spacial score (nSPS) is 0. The van der Waals surface area contributed by atoms with Crippen LogP contribution in [-0.4, -0.2) is 71.8 Å². The summed E-state index contributed by atoms with van der Waals surface area (Å²) in [6, 6.07) is 0. The van der Waals surface area contributed by atoms with Gasteiger partial charge in [0.2, 0.25) is 0 Å². The molecule has 0 aromatic rings. The molecule has 0 bridgehead atoms. The van der Waals surface area contributed by atoms with Crippen molar-refractivity contribution in [2.75, 3.05) is 0 Å². The van der Waals surface area contributed by atoms with Crippen molar-refractivity contribution in [3.05, 3.63) is 0 Å². The molecule has 0 spiro atoms. The molecule has 0 aromatic carbocycles. The molecule has 0 aliphatic heterocycles. The molecule has 0 atom stereocenters. The van der Waals surface area contributed by atoms with Crippen molar-refractivity contribution >= 4 is 85.3 Å². The molecule has 4 heavy (non-hydrogen) atoms. The summed E-state index contributed by atoms with van der Waals surface area (Å²) in [5, 5.41) is 0. The standard InChI is InChI=1S/Ca.Mg.S.H4Si.2H/h;;;1H4;;. The fourth-order valence-corrected chi connectivity index (χ4v) is 0. The van der Waals surface area contributed by atoms with Gasteiger partial charge in [0.1, 0.15) is 0 Å². The van der Waals surface area contributed by atoms with Gasteiger partial charge in [0.05, 0.1) is 0 Å². The number of hydrogen-bond acceptors (Lipinski definition) is 0. The molecule has 0 unspecified atom stereocenters.